The third-order valence-corrected chi connectivity index (χ3v) is 15.4. The summed E-state index contributed by atoms with van der Waals surface area (Å²) in [6, 6.07) is 19.4. The number of nitrogens with two attached hydrogens (primary N) is 1. The molecular weight excluding hydrogens is 1220 g/mol. The van der Waals surface area contributed by atoms with Gasteiger partial charge in [0.15, 0.2) is 0 Å². The number of carbonyl (C=O) groups is 10. The van der Waals surface area contributed by atoms with Crippen molar-refractivity contribution in [3.63, 3.8) is 0 Å². The molecule has 3 atom stereocenters. The minimum absolute atomic E-state index is 0.000113. The van der Waals surface area contributed by atoms with Crippen LogP contribution in [0.1, 0.15) is 70.1 Å². The molecule has 28 nitrogen and oxygen atoms in total. The number of nitrogens with zero attached hydrogens (tertiary/aromatic N) is 5. The number of benzene rings is 4. The fraction of sp³-hybridized carbons (Fsp3) is 0.349. The maximum absolute atomic E-state index is 14.6. The molecule has 486 valence electrons. The Balaban J connectivity index is 0.888. The van der Waals surface area contributed by atoms with Crippen LogP contribution in [0.2, 0.25) is 0 Å². The van der Waals surface area contributed by atoms with E-state index in [1.165, 1.54) is 47.3 Å². The van der Waals surface area contributed by atoms with Crippen LogP contribution in [0.3, 0.4) is 0 Å². The summed E-state index contributed by atoms with van der Waals surface area (Å²) >= 11 is 6.64. The number of aromatic nitrogens is 2. The van der Waals surface area contributed by atoms with Crippen LogP contribution in [0.5, 0.6) is 11.5 Å². The number of aromatic hydroxyl groups is 1. The number of rotatable bonds is 28. The topological polar surface area (TPSA) is 376 Å². The number of aliphatic hydroxyl groups is 1. The molecule has 0 aliphatic carbocycles. The van der Waals surface area contributed by atoms with E-state index in [1.54, 1.807) is 61.2 Å². The molecule has 10 N–H and O–H groups in total. The molecule has 8 rings (SSSR count). The fourth-order valence-corrected chi connectivity index (χ4v) is 10.5. The lowest BCUT2D eigenvalue weighted by Crippen LogP contribution is -2.54. The lowest BCUT2D eigenvalue weighted by atomic mass is 9.92. The highest BCUT2D eigenvalue weighted by Crippen LogP contribution is 2.47. The van der Waals surface area contributed by atoms with Crippen LogP contribution in [0.25, 0.3) is 21.8 Å². The van der Waals surface area contributed by atoms with E-state index in [1.807, 2.05) is 25.1 Å². The highest BCUT2D eigenvalue weighted by Gasteiger charge is 2.37. The summed E-state index contributed by atoms with van der Waals surface area (Å²) in [5, 5.41) is 34.0. The van der Waals surface area contributed by atoms with Crippen LogP contribution in [0.15, 0.2) is 103 Å². The largest absolute Gasteiger partial charge is 0.508 e. The molecule has 0 unspecified atom stereocenters. The molecule has 0 saturated carbocycles. The lowest BCUT2D eigenvalue weighted by Gasteiger charge is -2.26. The number of alkyl halides is 1. The standard InChI is InChI=1S/C63H71ClN12O16/c1-36(2)54(72-61(86)90-27-24-75-50(79)18-19-51(75)80)58(83)71-46(9-6-20-66-60(65)85)57(82)68-42-14-10-38(11-15-42)35-91-62(87)73(4)21-22-74(23-26-89-28-25-77)63(88)92-49-31-48-53(52-37(3)7-5-8-45(49)52)41(32-64)34-76(48)59(84)47-30-40-29-43(33-67-55(40)70-47)69-56(81)39-12-16-44(78)17-13-39/h5,7-8,10-19,29-31,33,36,41,46,54,77-78H,6,9,20-28,32,34-35H2,1-4H3,(H,67,70)(H,68,82)(H,69,81)(H,71,83)(H,72,86)(H3,65,66,85)/t41-,46+,54+/m1/s1. The van der Waals surface area contributed by atoms with Gasteiger partial charge >= 0.3 is 24.3 Å². The highest BCUT2D eigenvalue weighted by molar-refractivity contribution is 6.20. The first kappa shape index (κ1) is 67.6. The van der Waals surface area contributed by atoms with Crippen molar-refractivity contribution in [3.05, 3.63) is 131 Å². The zero-order valence-corrected chi connectivity index (χ0v) is 51.6. The summed E-state index contributed by atoms with van der Waals surface area (Å²) in [6.45, 7) is 4.39. The summed E-state index contributed by atoms with van der Waals surface area (Å²) < 4.78 is 22.5. The minimum atomic E-state index is -1.18. The number of aromatic amines is 1. The number of carbonyl (C=O) groups excluding carboxylic acids is 10. The molecule has 6 aromatic rings. The number of phenols is 1. The van der Waals surface area contributed by atoms with Crippen molar-refractivity contribution < 1.29 is 77.1 Å². The second-order valence-electron chi connectivity index (χ2n) is 21.9. The van der Waals surface area contributed by atoms with Gasteiger partial charge < -0.3 is 81.2 Å². The number of imide groups is 1. The fourth-order valence-electron chi connectivity index (χ4n) is 10.2. The van der Waals surface area contributed by atoms with Crippen molar-refractivity contribution in [2.24, 2.45) is 11.7 Å². The molecule has 0 saturated heterocycles. The Labute approximate surface area is 532 Å². The maximum Gasteiger partial charge on any atom is 0.415 e. The second kappa shape index (κ2) is 31.4. The molecule has 2 aromatic heterocycles. The number of H-pyrrole nitrogens is 1. The Hall–Kier alpha value is -10.3. The molecule has 2 aliphatic heterocycles. The van der Waals surface area contributed by atoms with E-state index < -0.39 is 77.8 Å². The lowest BCUT2D eigenvalue weighted by molar-refractivity contribution is -0.137. The number of nitrogens with one attached hydrogen (secondary N) is 6. The van der Waals surface area contributed by atoms with Crippen LogP contribution in [0.4, 0.5) is 36.2 Å². The van der Waals surface area contributed by atoms with Gasteiger partial charge in [-0.15, -0.1) is 11.6 Å². The van der Waals surface area contributed by atoms with Crippen molar-refractivity contribution in [2.45, 2.75) is 58.2 Å². The average molecular weight is 1290 g/mol. The van der Waals surface area contributed by atoms with Crippen LogP contribution >= 0.6 is 11.6 Å². The predicted molar refractivity (Wildman–Crippen MR) is 337 cm³/mol. The average Bonchev–Trinajstić information content (AvgIpc) is 1.59. The van der Waals surface area contributed by atoms with Gasteiger partial charge in [0, 0.05) is 91.8 Å². The van der Waals surface area contributed by atoms with Crippen molar-refractivity contribution >= 4 is 110 Å². The van der Waals surface area contributed by atoms with Gasteiger partial charge in [0.1, 0.15) is 48.1 Å². The first-order chi connectivity index (χ1) is 44.1. The highest BCUT2D eigenvalue weighted by atomic mass is 35.5. The van der Waals surface area contributed by atoms with Gasteiger partial charge in [0.25, 0.3) is 23.6 Å². The summed E-state index contributed by atoms with van der Waals surface area (Å²) in [6.07, 6.45) is 1.34. The van der Waals surface area contributed by atoms with Gasteiger partial charge in [-0.2, -0.15) is 0 Å². The Morgan fingerprint density at radius 2 is 1.59 bits per heavy atom. The van der Waals surface area contributed by atoms with Crippen molar-refractivity contribution in [1.82, 2.24) is 40.6 Å². The quantitative estimate of drug-likeness (QED) is 0.0164. The zero-order valence-electron chi connectivity index (χ0n) is 50.8. The number of hydrogen-bond donors (Lipinski definition) is 9. The molecule has 0 spiro atoms. The number of aliphatic hydroxyl groups excluding tert-OH is 1. The number of fused-ring (bicyclic) bond motifs is 4. The number of pyridine rings is 1. The number of anilines is 3. The second-order valence-corrected chi connectivity index (χ2v) is 22.2. The smallest absolute Gasteiger partial charge is 0.415 e. The molecular formula is C63H71ClN12O16. The minimum Gasteiger partial charge on any atom is -0.508 e. The SMILES string of the molecule is Cc1cccc2c(OC(=O)N(CCOCCO)CCN(C)C(=O)OCc3ccc(NC(=O)[C@H](CCCNC(N)=O)NC(=O)[C@@H](NC(=O)OCCN4C(=O)C=CC4=O)C(C)C)cc3)cc3c(c12)[C@H](CCl)CN3C(=O)c1cc2cc(NC(=O)c3ccc(O)cc3)cnc2[nH]1. The molecule has 11 amide bonds. The number of aryl methyl sites for hydroxylation is 1. The van der Waals surface area contributed by atoms with Crippen LogP contribution in [0, 0.1) is 12.8 Å². The third-order valence-electron chi connectivity index (χ3n) is 15.0. The number of ether oxygens (including phenoxy) is 4. The van der Waals surface area contributed by atoms with Crippen molar-refractivity contribution in [3.8, 4) is 11.5 Å². The number of likely N-dealkylation sites (N-methyl/N-ethyl adjacent to an activating group) is 1. The summed E-state index contributed by atoms with van der Waals surface area (Å²) in [7, 11) is 1.48. The first-order valence-electron chi connectivity index (χ1n) is 29.4. The molecule has 2 aliphatic rings. The van der Waals surface area contributed by atoms with Crippen molar-refractivity contribution in [2.75, 3.05) is 94.2 Å². The molecule has 4 aromatic carbocycles. The van der Waals surface area contributed by atoms with Crippen LogP contribution in [-0.2, 0) is 40.0 Å². The summed E-state index contributed by atoms with van der Waals surface area (Å²) in [4.78, 5) is 143. The van der Waals surface area contributed by atoms with Crippen molar-refractivity contribution in [1.29, 1.82) is 0 Å². The van der Waals surface area contributed by atoms with E-state index in [0.717, 1.165) is 33.6 Å². The Morgan fingerprint density at radius 1 is 0.848 bits per heavy atom. The number of phenolic OH excluding ortho intramolecular Hbond substituents is 1. The normalized spacial score (nSPS) is 14.0. The number of hydrogen-bond acceptors (Lipinski definition) is 17. The van der Waals surface area contributed by atoms with Crippen LogP contribution < -0.4 is 42.0 Å². The van der Waals surface area contributed by atoms with E-state index in [4.69, 9.17) is 36.3 Å². The zero-order chi connectivity index (χ0) is 66.2. The monoisotopic (exact) mass is 1290 g/mol. The number of urea groups is 1. The number of halogens is 1. The number of alkyl carbamates (subject to hydrolysis) is 1. The van der Waals surface area contributed by atoms with E-state index in [9.17, 15) is 58.2 Å². The molecule has 4 heterocycles. The molecule has 92 heavy (non-hydrogen) atoms. The summed E-state index contributed by atoms with van der Waals surface area (Å²) in [5.74, 6) is -3.80. The maximum atomic E-state index is 14.6. The Kier molecular flexibility index (Phi) is 23.1. The summed E-state index contributed by atoms with van der Waals surface area (Å²) in [5.41, 5.74) is 9.42. The van der Waals surface area contributed by atoms with Gasteiger partial charge in [-0.05, 0) is 96.3 Å². The molecule has 29 heteroatoms. The Bertz CT molecular complexity index is 3750. The first-order valence-corrected chi connectivity index (χ1v) is 29.9. The van der Waals surface area contributed by atoms with Gasteiger partial charge in [-0.3, -0.25) is 33.7 Å². The third kappa shape index (κ3) is 17.3. The van der Waals surface area contributed by atoms with Crippen LogP contribution in [-0.4, -0.2) is 185 Å². The van der Waals surface area contributed by atoms with E-state index in [-0.39, 0.29) is 114 Å². The van der Waals surface area contributed by atoms with Gasteiger partial charge in [-0.1, -0.05) is 44.2 Å². The molecule has 0 bridgehead atoms. The van der Waals surface area contributed by atoms with Gasteiger partial charge in [0.05, 0.1) is 43.9 Å². The van der Waals surface area contributed by atoms with E-state index in [2.05, 4.69) is 36.6 Å². The predicted octanol–water partition coefficient (Wildman–Crippen LogP) is 5.59. The van der Waals surface area contributed by atoms with Gasteiger partial charge in [-0.25, -0.2) is 24.2 Å². The van der Waals surface area contributed by atoms with Gasteiger partial charge in [0.2, 0.25) is 11.8 Å². The Morgan fingerprint density at radius 3 is 2.28 bits per heavy atom. The van der Waals surface area contributed by atoms with E-state index >= 15 is 0 Å². The molecule has 0 radical (unpaired) electrons. The molecule has 0 fully saturated rings. The number of amides is 11. The van der Waals surface area contributed by atoms with E-state index in [0.29, 0.717) is 44.6 Å². The number of primary amides is 1.